The largest absolute Gasteiger partial charge is 3.00 e. The molecule has 0 fully saturated rings. The van der Waals surface area contributed by atoms with Crippen molar-refractivity contribution < 1.29 is 59.0 Å². The van der Waals surface area contributed by atoms with Gasteiger partial charge in [0, 0.05) is 0 Å². The average Bonchev–Trinajstić information content (AvgIpc) is 3.29. The van der Waals surface area contributed by atoms with Crippen molar-refractivity contribution in [1.29, 1.82) is 0 Å². The van der Waals surface area contributed by atoms with Gasteiger partial charge < -0.3 is 14.7 Å². The Balaban J connectivity index is -0.000000441. The minimum Gasteiger partial charge on any atom is -0.566 e. The summed E-state index contributed by atoms with van der Waals surface area (Å²) in [4.78, 5) is 30.5. The summed E-state index contributed by atoms with van der Waals surface area (Å²) < 4.78 is 44.0. The second kappa shape index (κ2) is 70.1. The van der Waals surface area contributed by atoms with E-state index in [1.165, 1.54) is 231 Å². The molecule has 0 saturated carbocycles. The van der Waals surface area contributed by atoms with Crippen LogP contribution in [0.25, 0.3) is 0 Å². The van der Waals surface area contributed by atoms with Crippen LogP contribution in [-0.2, 0) is 44.3 Å². The summed E-state index contributed by atoms with van der Waals surface area (Å²) in [7, 11) is -7.95. The summed E-state index contributed by atoms with van der Waals surface area (Å²) in [6.45, 7) is 7.82. The minimum absolute atomic E-state index is 0. The SMILES string of the molecule is CCCCCCCC/C=C\CCCCCCCCO[P+](=O)[O-].CCCCCCCC/C=C\CCCCCCCCO[P+](=O)[O-].CCCCCCCC/C=C\CCCCCCCCO[P+](=O)[O-].[Fe+3]. The molecular weight excluding hydrogens is 941 g/mol. The van der Waals surface area contributed by atoms with Crippen molar-refractivity contribution in [2.45, 2.75) is 290 Å². The maximum Gasteiger partial charge on any atom is 3.00 e. The monoisotopic (exact) mass is 1050 g/mol. The standard InChI is InChI=1S/3C18H35O3P.Fe/c3*1-2-3-4-5-6-7-8-9-10-11-12-13-14-15-16-17-18-21-22(19)20;/h3*9-10H,2-8,11-18H2,1H3;/q;;;+3/b3*10-9-;. The normalized spacial score (nSPS) is 12.0. The van der Waals surface area contributed by atoms with Crippen molar-refractivity contribution in [3.63, 3.8) is 0 Å². The predicted molar refractivity (Wildman–Crippen MR) is 279 cm³/mol. The number of hydrogen-bond donors (Lipinski definition) is 0. The summed E-state index contributed by atoms with van der Waals surface area (Å²) in [5.41, 5.74) is 0. The molecule has 9 nitrogen and oxygen atoms in total. The van der Waals surface area contributed by atoms with Gasteiger partial charge in [0.15, 0.2) is 0 Å². The van der Waals surface area contributed by atoms with E-state index in [-0.39, 0.29) is 17.1 Å². The molecule has 0 aromatic carbocycles. The van der Waals surface area contributed by atoms with Crippen LogP contribution in [0.15, 0.2) is 36.5 Å². The van der Waals surface area contributed by atoms with Gasteiger partial charge >= 0.3 is 41.8 Å². The van der Waals surface area contributed by atoms with Crippen LogP contribution >= 0.6 is 24.8 Å². The summed E-state index contributed by atoms with van der Waals surface area (Å²) >= 11 is 0. The Morgan fingerprint density at radius 3 is 0.582 bits per heavy atom. The molecule has 0 heterocycles. The fraction of sp³-hybridized carbons (Fsp3) is 0.889. The van der Waals surface area contributed by atoms with Gasteiger partial charge in [0.1, 0.15) is 19.8 Å². The first-order chi connectivity index (χ1) is 32.3. The minimum atomic E-state index is -2.65. The van der Waals surface area contributed by atoms with Crippen molar-refractivity contribution in [1.82, 2.24) is 0 Å². The van der Waals surface area contributed by atoms with Crippen LogP contribution in [0.1, 0.15) is 290 Å². The maximum atomic E-state index is 10.2. The van der Waals surface area contributed by atoms with Gasteiger partial charge in [-0.3, -0.25) is 0 Å². The van der Waals surface area contributed by atoms with Gasteiger partial charge in [-0.05, 0) is 110 Å². The molecule has 0 aliphatic rings. The fourth-order valence-electron chi connectivity index (χ4n) is 7.47. The quantitative estimate of drug-likeness (QED) is 0.0251. The van der Waals surface area contributed by atoms with E-state index in [0.29, 0.717) is 19.8 Å². The van der Waals surface area contributed by atoms with Gasteiger partial charge in [0.25, 0.3) is 0 Å². The van der Waals surface area contributed by atoms with Gasteiger partial charge in [-0.15, -0.1) is 13.6 Å². The Bertz CT molecular complexity index is 937. The third kappa shape index (κ3) is 83.0. The zero-order valence-electron chi connectivity index (χ0n) is 43.7. The molecule has 0 saturated heterocycles. The molecule has 395 valence electrons. The van der Waals surface area contributed by atoms with Crippen molar-refractivity contribution in [3.8, 4) is 0 Å². The van der Waals surface area contributed by atoms with E-state index in [2.05, 4.69) is 70.8 Å². The summed E-state index contributed by atoms with van der Waals surface area (Å²) in [6.07, 6.45) is 66.8. The molecule has 0 N–H and O–H groups in total. The van der Waals surface area contributed by atoms with Gasteiger partial charge in [-0.1, -0.05) is 231 Å². The summed E-state index contributed by atoms with van der Waals surface area (Å²) in [6, 6.07) is 0. The number of unbranched alkanes of at least 4 members (excludes halogenated alkanes) is 36. The summed E-state index contributed by atoms with van der Waals surface area (Å²) in [5.74, 6) is 0. The van der Waals surface area contributed by atoms with Crippen molar-refractivity contribution >= 4 is 24.8 Å². The first-order valence-electron chi connectivity index (χ1n) is 27.6. The zero-order chi connectivity index (χ0) is 48.9. The molecule has 0 bridgehead atoms. The third-order valence-corrected chi connectivity index (χ3v) is 12.7. The fourth-order valence-corrected chi connectivity index (χ4v) is 8.30. The van der Waals surface area contributed by atoms with Gasteiger partial charge in [0.05, 0.1) is 0 Å². The molecule has 3 unspecified atom stereocenters. The zero-order valence-corrected chi connectivity index (χ0v) is 47.4. The molecule has 0 amide bonds. The molecule has 13 heteroatoms. The molecular formula is C54H105FeO9P3+3. The Morgan fingerprint density at radius 2 is 0.418 bits per heavy atom. The van der Waals surface area contributed by atoms with Gasteiger partial charge in [-0.2, -0.15) is 0 Å². The molecule has 0 aliphatic carbocycles. The Labute approximate surface area is 428 Å². The Hall–Kier alpha value is -0.201. The number of rotatable bonds is 51. The average molecular weight is 1050 g/mol. The van der Waals surface area contributed by atoms with E-state index in [1.807, 2.05) is 0 Å². The van der Waals surface area contributed by atoms with Gasteiger partial charge in [0.2, 0.25) is 0 Å². The third-order valence-electron chi connectivity index (χ3n) is 11.6. The van der Waals surface area contributed by atoms with E-state index < -0.39 is 24.8 Å². The topological polar surface area (TPSA) is 148 Å². The first kappa shape index (κ1) is 73.3. The van der Waals surface area contributed by atoms with Crippen molar-refractivity contribution in [2.24, 2.45) is 0 Å². The van der Waals surface area contributed by atoms with E-state index in [9.17, 15) is 28.4 Å². The van der Waals surface area contributed by atoms with Gasteiger partial charge in [-0.25, -0.2) is 0 Å². The second-order valence-corrected chi connectivity index (χ2v) is 20.1. The summed E-state index contributed by atoms with van der Waals surface area (Å²) in [5, 5.41) is 0. The van der Waals surface area contributed by atoms with Crippen LogP contribution in [0.5, 0.6) is 0 Å². The predicted octanol–water partition coefficient (Wildman–Crippen LogP) is 18.2. The molecule has 0 spiro atoms. The van der Waals surface area contributed by atoms with E-state index in [1.54, 1.807) is 0 Å². The molecule has 0 aromatic rings. The van der Waals surface area contributed by atoms with E-state index in [4.69, 9.17) is 0 Å². The van der Waals surface area contributed by atoms with E-state index in [0.717, 1.165) is 38.5 Å². The smallest absolute Gasteiger partial charge is 0.566 e. The van der Waals surface area contributed by atoms with Crippen LogP contribution < -0.4 is 14.7 Å². The molecule has 0 rings (SSSR count). The number of hydrogen-bond acceptors (Lipinski definition) is 9. The first-order valence-corrected chi connectivity index (χ1v) is 30.9. The van der Waals surface area contributed by atoms with Crippen LogP contribution in [-0.4, -0.2) is 19.8 Å². The molecule has 3 atom stereocenters. The van der Waals surface area contributed by atoms with Crippen molar-refractivity contribution in [3.05, 3.63) is 36.5 Å². The van der Waals surface area contributed by atoms with Crippen LogP contribution in [0.3, 0.4) is 0 Å². The Kier molecular flexibility index (Phi) is 76.7. The Morgan fingerprint density at radius 1 is 0.269 bits per heavy atom. The molecule has 67 heavy (non-hydrogen) atoms. The molecule has 0 aliphatic heterocycles. The van der Waals surface area contributed by atoms with E-state index >= 15 is 0 Å². The maximum absolute atomic E-state index is 10.2. The number of allylic oxidation sites excluding steroid dienone is 6. The van der Waals surface area contributed by atoms with Crippen LogP contribution in [0.2, 0.25) is 0 Å². The van der Waals surface area contributed by atoms with Crippen molar-refractivity contribution in [2.75, 3.05) is 19.8 Å². The second-order valence-electron chi connectivity index (χ2n) is 18.0. The molecule has 0 aromatic heterocycles. The molecule has 1 radical (unpaired) electrons. The van der Waals surface area contributed by atoms with Crippen LogP contribution in [0.4, 0.5) is 0 Å². The van der Waals surface area contributed by atoms with Crippen LogP contribution in [0, 0.1) is 0 Å².